The van der Waals surface area contributed by atoms with Crippen LogP contribution in [-0.2, 0) is 30.4 Å². The predicted octanol–water partition coefficient (Wildman–Crippen LogP) is -2.08. The molecule has 4 atom stereocenters. The highest BCUT2D eigenvalue weighted by Gasteiger charge is 2.28. The molecule has 0 heterocycles. The summed E-state index contributed by atoms with van der Waals surface area (Å²) in [4.78, 5) is 59.3. The lowest BCUT2D eigenvalue weighted by atomic mass is 10.0. The van der Waals surface area contributed by atoms with E-state index < -0.39 is 53.8 Å². The van der Waals surface area contributed by atoms with Crippen LogP contribution >= 0.6 is 12.6 Å². The minimum absolute atomic E-state index is 0.0825. The van der Waals surface area contributed by atoms with E-state index in [1.165, 1.54) is 6.92 Å². The monoisotopic (exact) mass is 453 g/mol. The summed E-state index contributed by atoms with van der Waals surface area (Å²) in [5, 5.41) is 16.3. The van der Waals surface area contributed by atoms with Crippen molar-refractivity contribution in [1.82, 2.24) is 16.0 Å². The number of hydrogen-bond donors (Lipinski definition) is 7. The van der Waals surface area contributed by atoms with E-state index in [1.807, 2.05) is 0 Å². The Morgan fingerprint density at radius 3 is 2.06 bits per heavy atom. The molecule has 0 fully saturated rings. The molecule has 0 radical (unpaired) electrons. The number of benzene rings is 1. The number of amides is 4. The fraction of sp³-hybridized carbons (Fsp3) is 0.421. The summed E-state index contributed by atoms with van der Waals surface area (Å²) in [6.45, 7) is 1.37. The molecule has 31 heavy (non-hydrogen) atoms. The van der Waals surface area contributed by atoms with E-state index in [4.69, 9.17) is 16.6 Å². The van der Waals surface area contributed by atoms with Crippen molar-refractivity contribution in [2.45, 2.75) is 43.9 Å². The molecule has 0 aromatic heterocycles. The summed E-state index contributed by atoms with van der Waals surface area (Å²) in [6, 6.07) is 4.12. The molecule has 0 saturated heterocycles. The summed E-state index contributed by atoms with van der Waals surface area (Å²) in [5.41, 5.74) is 11.3. The Kier molecular flexibility index (Phi) is 10.5. The largest absolute Gasteiger partial charge is 0.480 e. The fourth-order valence-corrected chi connectivity index (χ4v) is 2.76. The van der Waals surface area contributed by atoms with Crippen molar-refractivity contribution in [1.29, 1.82) is 0 Å². The van der Waals surface area contributed by atoms with E-state index >= 15 is 0 Å². The first-order chi connectivity index (χ1) is 14.5. The molecule has 0 bridgehead atoms. The highest BCUT2D eigenvalue weighted by Crippen LogP contribution is 2.05. The number of rotatable bonds is 12. The third-order valence-corrected chi connectivity index (χ3v) is 4.59. The van der Waals surface area contributed by atoms with Gasteiger partial charge in [-0.15, -0.1) is 0 Å². The van der Waals surface area contributed by atoms with Gasteiger partial charge in [-0.1, -0.05) is 30.3 Å². The van der Waals surface area contributed by atoms with Gasteiger partial charge in [-0.25, -0.2) is 4.79 Å². The van der Waals surface area contributed by atoms with Crippen LogP contribution in [0.2, 0.25) is 0 Å². The van der Waals surface area contributed by atoms with Gasteiger partial charge in [0, 0.05) is 12.2 Å². The van der Waals surface area contributed by atoms with E-state index in [1.54, 1.807) is 30.3 Å². The van der Waals surface area contributed by atoms with Crippen LogP contribution in [0.25, 0.3) is 0 Å². The summed E-state index contributed by atoms with van der Waals surface area (Å²) < 4.78 is 0. The molecule has 4 unspecified atom stereocenters. The van der Waals surface area contributed by atoms with Gasteiger partial charge in [0.1, 0.15) is 18.1 Å². The van der Waals surface area contributed by atoms with Crippen LogP contribution in [-0.4, -0.2) is 64.6 Å². The third kappa shape index (κ3) is 9.05. The summed E-state index contributed by atoms with van der Waals surface area (Å²) in [7, 11) is 0. The van der Waals surface area contributed by atoms with E-state index in [0.717, 1.165) is 5.56 Å². The van der Waals surface area contributed by atoms with Crippen LogP contribution in [0.5, 0.6) is 0 Å². The topological polar surface area (TPSA) is 194 Å². The molecule has 0 aliphatic rings. The van der Waals surface area contributed by atoms with Gasteiger partial charge in [-0.05, 0) is 12.5 Å². The highest BCUT2D eigenvalue weighted by atomic mass is 32.1. The minimum Gasteiger partial charge on any atom is -0.480 e. The van der Waals surface area contributed by atoms with Crippen LogP contribution in [0.3, 0.4) is 0 Å². The number of carboxylic acids is 1. The molecular formula is C19H27N5O6S. The molecule has 1 rings (SSSR count). The van der Waals surface area contributed by atoms with Gasteiger partial charge in [0.15, 0.2) is 0 Å². The maximum absolute atomic E-state index is 12.6. The second-order valence-corrected chi connectivity index (χ2v) is 7.21. The molecule has 4 amide bonds. The number of carboxylic acid groups (broad SMARTS) is 1. The molecule has 170 valence electrons. The lowest BCUT2D eigenvalue weighted by molar-refractivity contribution is -0.141. The number of hydrogen-bond acceptors (Lipinski definition) is 7. The van der Waals surface area contributed by atoms with Gasteiger partial charge in [-0.3, -0.25) is 19.2 Å². The average Bonchev–Trinajstić information content (AvgIpc) is 2.71. The smallest absolute Gasteiger partial charge is 0.327 e. The molecular weight excluding hydrogens is 426 g/mol. The Labute approximate surface area is 184 Å². The second-order valence-electron chi connectivity index (χ2n) is 6.84. The van der Waals surface area contributed by atoms with Gasteiger partial charge in [0.05, 0.1) is 12.5 Å². The zero-order valence-electron chi connectivity index (χ0n) is 16.9. The number of thiol groups is 1. The van der Waals surface area contributed by atoms with Gasteiger partial charge in [-0.2, -0.15) is 12.6 Å². The van der Waals surface area contributed by atoms with Crippen molar-refractivity contribution < 1.29 is 29.1 Å². The Morgan fingerprint density at radius 2 is 1.55 bits per heavy atom. The first-order valence-electron chi connectivity index (χ1n) is 9.37. The summed E-state index contributed by atoms with van der Waals surface area (Å²) in [5.74, 6) is -4.35. The van der Waals surface area contributed by atoms with Crippen molar-refractivity contribution in [2.75, 3.05) is 5.75 Å². The van der Waals surface area contributed by atoms with Gasteiger partial charge in [0.2, 0.25) is 23.6 Å². The van der Waals surface area contributed by atoms with Crippen molar-refractivity contribution in [2.24, 2.45) is 11.5 Å². The molecule has 0 saturated carbocycles. The van der Waals surface area contributed by atoms with Crippen LogP contribution in [0, 0.1) is 0 Å². The minimum atomic E-state index is -1.27. The number of nitrogens with one attached hydrogen (secondary N) is 3. The predicted molar refractivity (Wildman–Crippen MR) is 115 cm³/mol. The molecule has 0 aliphatic carbocycles. The summed E-state index contributed by atoms with van der Waals surface area (Å²) >= 11 is 3.90. The molecule has 11 nitrogen and oxygen atoms in total. The maximum atomic E-state index is 12.6. The highest BCUT2D eigenvalue weighted by molar-refractivity contribution is 7.80. The Bertz CT molecular complexity index is 806. The first-order valence-corrected chi connectivity index (χ1v) is 10.0. The SMILES string of the molecule is CC(NC(=O)C(N)CC(N)=O)C(=O)NC(Cc1ccccc1)C(=O)NC(CS)C(=O)O. The van der Waals surface area contributed by atoms with Crippen LogP contribution in [0.1, 0.15) is 18.9 Å². The lowest BCUT2D eigenvalue weighted by Crippen LogP contribution is -2.57. The molecule has 8 N–H and O–H groups in total. The van der Waals surface area contributed by atoms with Crippen LogP contribution < -0.4 is 27.4 Å². The first kappa shape index (κ1) is 25.9. The fourth-order valence-electron chi connectivity index (χ4n) is 2.51. The molecule has 0 aliphatic heterocycles. The molecule has 12 heteroatoms. The lowest BCUT2D eigenvalue weighted by Gasteiger charge is -2.23. The Hall–Kier alpha value is -3.12. The quantitative estimate of drug-likeness (QED) is 0.176. The summed E-state index contributed by atoms with van der Waals surface area (Å²) in [6.07, 6.45) is -0.307. The maximum Gasteiger partial charge on any atom is 0.327 e. The van der Waals surface area contributed by atoms with Crippen LogP contribution in [0.15, 0.2) is 30.3 Å². The second kappa shape index (κ2) is 12.5. The Morgan fingerprint density at radius 1 is 0.968 bits per heavy atom. The number of carbonyl (C=O) groups excluding carboxylic acids is 4. The van der Waals surface area contributed by atoms with Crippen molar-refractivity contribution in [3.8, 4) is 0 Å². The van der Waals surface area contributed by atoms with Crippen molar-refractivity contribution >= 4 is 42.2 Å². The van der Waals surface area contributed by atoms with E-state index in [2.05, 4.69) is 28.6 Å². The van der Waals surface area contributed by atoms with Crippen molar-refractivity contribution in [3.05, 3.63) is 35.9 Å². The van der Waals surface area contributed by atoms with E-state index in [0.29, 0.717) is 0 Å². The number of primary amides is 1. The van der Waals surface area contributed by atoms with E-state index in [9.17, 15) is 24.0 Å². The van der Waals surface area contributed by atoms with Crippen molar-refractivity contribution in [3.63, 3.8) is 0 Å². The normalized spacial score (nSPS) is 14.4. The van der Waals surface area contributed by atoms with Gasteiger partial charge < -0.3 is 32.5 Å². The zero-order valence-corrected chi connectivity index (χ0v) is 17.8. The van der Waals surface area contributed by atoms with Crippen LogP contribution in [0.4, 0.5) is 0 Å². The zero-order chi connectivity index (χ0) is 23.6. The molecule has 1 aromatic carbocycles. The number of aliphatic carboxylic acids is 1. The molecule has 1 aromatic rings. The number of carbonyl (C=O) groups is 5. The third-order valence-electron chi connectivity index (χ3n) is 4.22. The molecule has 0 spiro atoms. The standard InChI is InChI=1S/C19H27N5O6S/c1-10(22-17(27)12(20)8-15(21)25)16(26)23-13(7-11-5-3-2-4-6-11)18(28)24-14(9-31)19(29)30/h2-6,10,12-14,31H,7-9,20H2,1H3,(H2,21,25)(H,22,27)(H,23,26)(H,24,28)(H,29,30). The van der Waals surface area contributed by atoms with Gasteiger partial charge in [0.25, 0.3) is 0 Å². The van der Waals surface area contributed by atoms with E-state index in [-0.39, 0.29) is 18.6 Å². The average molecular weight is 454 g/mol. The van der Waals surface area contributed by atoms with Gasteiger partial charge >= 0.3 is 5.97 Å². The number of nitrogens with two attached hydrogens (primary N) is 2. The Balaban J connectivity index is 2.88.